The minimum Gasteiger partial charge on any atom is -0.421 e. The molecular formula is C13H14ClNO3. The van der Waals surface area contributed by atoms with Crippen molar-refractivity contribution in [2.24, 2.45) is 0 Å². The van der Waals surface area contributed by atoms with Crippen molar-refractivity contribution >= 4 is 29.2 Å². The van der Waals surface area contributed by atoms with Gasteiger partial charge in [0.1, 0.15) is 0 Å². The summed E-state index contributed by atoms with van der Waals surface area (Å²) < 4.78 is 5.10. The van der Waals surface area contributed by atoms with E-state index >= 15 is 0 Å². The molecule has 1 N–H and O–H groups in total. The van der Waals surface area contributed by atoms with E-state index in [0.29, 0.717) is 5.69 Å². The van der Waals surface area contributed by atoms with E-state index in [1.54, 1.807) is 31.2 Å². The van der Waals surface area contributed by atoms with Crippen LogP contribution in [0.3, 0.4) is 0 Å². The summed E-state index contributed by atoms with van der Waals surface area (Å²) in [5.74, 6) is -0.245. The Morgan fingerprint density at radius 1 is 1.39 bits per heavy atom. The van der Waals surface area contributed by atoms with E-state index in [1.165, 1.54) is 0 Å². The second-order valence-corrected chi connectivity index (χ2v) is 4.03. The first-order valence-corrected chi connectivity index (χ1v) is 5.90. The molecule has 0 bridgehead atoms. The highest BCUT2D eigenvalue weighted by Crippen LogP contribution is 2.24. The van der Waals surface area contributed by atoms with Gasteiger partial charge >= 0.3 is 5.97 Å². The average Bonchev–Trinajstić information content (AvgIpc) is 2.31. The number of nitrogens with one attached hydrogen (secondary N) is 1. The molecule has 0 saturated carbocycles. The van der Waals surface area contributed by atoms with Crippen molar-refractivity contribution in [1.29, 1.82) is 0 Å². The third-order valence-corrected chi connectivity index (χ3v) is 2.22. The van der Waals surface area contributed by atoms with Crippen molar-refractivity contribution in [1.82, 2.24) is 0 Å². The fraction of sp³-hybridized carbons (Fsp3) is 0.231. The number of ether oxygens (including phenoxy) is 1. The summed E-state index contributed by atoms with van der Waals surface area (Å²) in [7, 11) is 0. The molecule has 5 heteroatoms. The van der Waals surface area contributed by atoms with Crippen molar-refractivity contribution in [2.75, 3.05) is 11.2 Å². The molecule has 0 fully saturated rings. The van der Waals surface area contributed by atoms with Gasteiger partial charge in [-0.3, -0.25) is 4.79 Å². The largest absolute Gasteiger partial charge is 0.421 e. The van der Waals surface area contributed by atoms with E-state index in [0.717, 1.165) is 0 Å². The molecule has 0 aromatic heterocycles. The minimum absolute atomic E-state index is 0.199. The molecule has 18 heavy (non-hydrogen) atoms. The topological polar surface area (TPSA) is 55.4 Å². The Kier molecular flexibility index (Phi) is 5.39. The molecule has 0 saturated heterocycles. The molecule has 1 aromatic carbocycles. The standard InChI is InChI=1S/C13H14ClNO3/c1-9(2)13(17)18-11-6-4-3-5-10(11)15-12(16)7-8-14/h3-6H,1,7-8H2,2H3,(H,15,16). The van der Waals surface area contributed by atoms with Gasteiger partial charge in [-0.05, 0) is 19.1 Å². The highest BCUT2D eigenvalue weighted by atomic mass is 35.5. The molecule has 0 aliphatic heterocycles. The first kappa shape index (κ1) is 14.3. The maximum atomic E-state index is 11.4. The molecule has 0 aliphatic rings. The second-order valence-electron chi connectivity index (χ2n) is 3.65. The fourth-order valence-electron chi connectivity index (χ4n) is 1.14. The van der Waals surface area contributed by atoms with Gasteiger partial charge in [0.25, 0.3) is 0 Å². The Hall–Kier alpha value is -1.81. The van der Waals surface area contributed by atoms with Crippen molar-refractivity contribution < 1.29 is 14.3 Å². The van der Waals surface area contributed by atoms with Crippen LogP contribution in [0.5, 0.6) is 5.75 Å². The fourth-order valence-corrected chi connectivity index (χ4v) is 1.32. The van der Waals surface area contributed by atoms with Gasteiger partial charge in [-0.25, -0.2) is 4.79 Å². The molecule has 1 amide bonds. The van der Waals surface area contributed by atoms with Crippen LogP contribution < -0.4 is 10.1 Å². The molecule has 0 spiro atoms. The zero-order valence-corrected chi connectivity index (χ0v) is 10.8. The van der Waals surface area contributed by atoms with Gasteiger partial charge in [-0.15, -0.1) is 11.6 Å². The Morgan fingerprint density at radius 3 is 2.67 bits per heavy atom. The first-order valence-electron chi connectivity index (χ1n) is 5.37. The highest BCUT2D eigenvalue weighted by molar-refractivity contribution is 6.19. The van der Waals surface area contributed by atoms with E-state index in [4.69, 9.17) is 16.3 Å². The van der Waals surface area contributed by atoms with Gasteiger partial charge in [-0.1, -0.05) is 18.7 Å². The third kappa shape index (κ3) is 4.22. The minimum atomic E-state index is -0.533. The predicted molar refractivity (Wildman–Crippen MR) is 70.9 cm³/mol. The molecule has 0 atom stereocenters. The zero-order chi connectivity index (χ0) is 13.5. The normalized spacial score (nSPS) is 9.67. The average molecular weight is 268 g/mol. The van der Waals surface area contributed by atoms with Crippen molar-refractivity contribution in [3.63, 3.8) is 0 Å². The number of rotatable bonds is 5. The van der Waals surface area contributed by atoms with Crippen LogP contribution in [0, 0.1) is 0 Å². The van der Waals surface area contributed by atoms with Crippen LogP contribution in [0.25, 0.3) is 0 Å². The molecule has 96 valence electrons. The van der Waals surface area contributed by atoms with Gasteiger partial charge in [-0.2, -0.15) is 0 Å². The maximum absolute atomic E-state index is 11.4. The van der Waals surface area contributed by atoms with Crippen LogP contribution >= 0.6 is 11.6 Å². The SMILES string of the molecule is C=C(C)C(=O)Oc1ccccc1NC(=O)CCCl. The number of carbonyl (C=O) groups is 2. The number of hydrogen-bond donors (Lipinski definition) is 1. The van der Waals surface area contributed by atoms with E-state index in [2.05, 4.69) is 11.9 Å². The molecule has 1 aromatic rings. The number of esters is 1. The lowest BCUT2D eigenvalue weighted by Crippen LogP contribution is -2.14. The summed E-state index contributed by atoms with van der Waals surface area (Å²) in [5.41, 5.74) is 0.721. The molecule has 0 heterocycles. The van der Waals surface area contributed by atoms with Crippen LogP contribution in [0.15, 0.2) is 36.4 Å². The van der Waals surface area contributed by atoms with E-state index in [1.807, 2.05) is 0 Å². The van der Waals surface area contributed by atoms with Crippen molar-refractivity contribution in [3.05, 3.63) is 36.4 Å². The zero-order valence-electron chi connectivity index (χ0n) is 10.0. The maximum Gasteiger partial charge on any atom is 0.338 e. The lowest BCUT2D eigenvalue weighted by Gasteiger charge is -2.10. The van der Waals surface area contributed by atoms with Crippen LogP contribution in [0.4, 0.5) is 5.69 Å². The monoisotopic (exact) mass is 267 g/mol. The number of benzene rings is 1. The van der Waals surface area contributed by atoms with Gasteiger partial charge in [0.2, 0.25) is 5.91 Å². The van der Waals surface area contributed by atoms with E-state index in [-0.39, 0.29) is 29.5 Å². The summed E-state index contributed by atoms with van der Waals surface area (Å²) in [6.07, 6.45) is 0.199. The Bertz CT molecular complexity index is 471. The number of anilines is 1. The number of alkyl halides is 1. The summed E-state index contributed by atoms with van der Waals surface area (Å²) in [4.78, 5) is 22.9. The highest BCUT2D eigenvalue weighted by Gasteiger charge is 2.11. The van der Waals surface area contributed by atoms with Crippen LogP contribution in [0.1, 0.15) is 13.3 Å². The molecular weight excluding hydrogens is 254 g/mol. The number of carbonyl (C=O) groups excluding carboxylic acids is 2. The summed E-state index contributed by atoms with van der Waals surface area (Å²) in [6, 6.07) is 6.68. The first-order chi connectivity index (χ1) is 8.54. The van der Waals surface area contributed by atoms with Gasteiger partial charge in [0.15, 0.2) is 5.75 Å². The number of amides is 1. The lowest BCUT2D eigenvalue weighted by atomic mass is 10.2. The van der Waals surface area contributed by atoms with Crippen molar-refractivity contribution in [3.8, 4) is 5.75 Å². The number of para-hydroxylation sites is 2. The molecule has 1 rings (SSSR count). The van der Waals surface area contributed by atoms with Crippen LogP contribution in [-0.4, -0.2) is 17.8 Å². The summed E-state index contributed by atoms with van der Waals surface area (Å²) in [5, 5.41) is 2.63. The lowest BCUT2D eigenvalue weighted by molar-refractivity contribution is -0.130. The quantitative estimate of drug-likeness (QED) is 0.386. The molecule has 4 nitrogen and oxygen atoms in total. The Morgan fingerprint density at radius 2 is 2.06 bits per heavy atom. The Balaban J connectivity index is 2.82. The Labute approximate surface area is 111 Å². The van der Waals surface area contributed by atoms with Gasteiger partial charge in [0.05, 0.1) is 5.69 Å². The smallest absolute Gasteiger partial charge is 0.338 e. The van der Waals surface area contributed by atoms with Crippen molar-refractivity contribution in [2.45, 2.75) is 13.3 Å². The number of halogens is 1. The summed E-state index contributed by atoms with van der Waals surface area (Å²) >= 11 is 5.47. The summed E-state index contributed by atoms with van der Waals surface area (Å²) in [6.45, 7) is 5.04. The molecule has 0 aliphatic carbocycles. The predicted octanol–water partition coefficient (Wildman–Crippen LogP) is 2.74. The van der Waals surface area contributed by atoms with E-state index in [9.17, 15) is 9.59 Å². The van der Waals surface area contributed by atoms with E-state index < -0.39 is 5.97 Å². The van der Waals surface area contributed by atoms with Crippen LogP contribution in [-0.2, 0) is 9.59 Å². The second kappa shape index (κ2) is 6.81. The van der Waals surface area contributed by atoms with Gasteiger partial charge < -0.3 is 10.1 Å². The van der Waals surface area contributed by atoms with Crippen LogP contribution in [0.2, 0.25) is 0 Å². The van der Waals surface area contributed by atoms with Gasteiger partial charge in [0, 0.05) is 17.9 Å². The molecule has 0 unspecified atom stereocenters. The number of hydrogen-bond acceptors (Lipinski definition) is 3. The third-order valence-electron chi connectivity index (χ3n) is 2.03. The molecule has 0 radical (unpaired) electrons.